The van der Waals surface area contributed by atoms with Crippen molar-refractivity contribution in [2.24, 2.45) is 5.84 Å². The lowest BCUT2D eigenvalue weighted by molar-refractivity contribution is 0.0600. The van der Waals surface area contributed by atoms with Gasteiger partial charge in [0.25, 0.3) is 5.91 Å². The predicted molar refractivity (Wildman–Crippen MR) is 91.3 cm³/mol. The molecule has 116 valence electrons. The highest BCUT2D eigenvalue weighted by atomic mass is 79.9. The molecule has 1 amide bonds. The van der Waals surface area contributed by atoms with E-state index in [1.807, 2.05) is 17.6 Å². The normalized spacial score (nSPS) is 9.27. The lowest BCUT2D eigenvalue weighted by Crippen LogP contribution is -2.29. The third-order valence-electron chi connectivity index (χ3n) is 2.46. The third kappa shape index (κ3) is 5.97. The summed E-state index contributed by atoms with van der Waals surface area (Å²) >= 11 is 6.49. The Hall–Kier alpha value is -1.70. The molecule has 0 aliphatic heterocycles. The highest BCUT2D eigenvalue weighted by molar-refractivity contribution is 9.10. The zero-order valence-electron chi connectivity index (χ0n) is 11.7. The molecule has 0 heterocycles. The van der Waals surface area contributed by atoms with E-state index in [0.717, 1.165) is 8.95 Å². The molecule has 0 radical (unpaired) electrons. The van der Waals surface area contributed by atoms with Gasteiger partial charge in [-0.2, -0.15) is 0 Å². The fourth-order valence-electron chi connectivity index (χ4n) is 1.45. The quantitative estimate of drug-likeness (QED) is 0.332. The zero-order valence-corrected chi connectivity index (χ0v) is 14.8. The Morgan fingerprint density at radius 3 is 1.95 bits per heavy atom. The monoisotopic (exact) mass is 428 g/mol. The van der Waals surface area contributed by atoms with E-state index in [-0.39, 0.29) is 11.9 Å². The van der Waals surface area contributed by atoms with E-state index in [2.05, 4.69) is 36.6 Å². The number of ether oxygens (including phenoxy) is 1. The average molecular weight is 430 g/mol. The van der Waals surface area contributed by atoms with Crippen LogP contribution < -0.4 is 11.3 Å². The number of nitrogens with two attached hydrogens (primary N) is 1. The molecule has 0 bridgehead atoms. The molecular weight excluding hydrogens is 416 g/mol. The first kappa shape index (κ1) is 18.3. The Balaban J connectivity index is 0.000000220. The minimum atomic E-state index is -0.314. The lowest BCUT2D eigenvalue weighted by Gasteiger charge is -1.98. The third-order valence-corrected chi connectivity index (χ3v) is 3.45. The number of rotatable bonds is 2. The van der Waals surface area contributed by atoms with Crippen LogP contribution in [0.5, 0.6) is 0 Å². The Morgan fingerprint density at radius 1 is 1.00 bits per heavy atom. The van der Waals surface area contributed by atoms with E-state index in [9.17, 15) is 9.59 Å². The van der Waals surface area contributed by atoms with Crippen molar-refractivity contribution < 1.29 is 14.3 Å². The van der Waals surface area contributed by atoms with Crippen molar-refractivity contribution in [2.45, 2.75) is 0 Å². The molecule has 2 aromatic rings. The maximum Gasteiger partial charge on any atom is 0.337 e. The molecular formula is C15H14Br2N2O3. The minimum absolute atomic E-state index is 0.286. The summed E-state index contributed by atoms with van der Waals surface area (Å²) in [5.41, 5.74) is 3.15. The number of methoxy groups -OCH3 is 1. The van der Waals surface area contributed by atoms with Crippen LogP contribution in [0.1, 0.15) is 20.7 Å². The Bertz CT molecular complexity index is 605. The highest BCUT2D eigenvalue weighted by Gasteiger charge is 2.03. The molecule has 0 unspecified atom stereocenters. The molecule has 0 fully saturated rings. The second kappa shape index (κ2) is 9.34. The molecule has 2 aromatic carbocycles. The van der Waals surface area contributed by atoms with Gasteiger partial charge in [-0.05, 0) is 36.4 Å². The fraction of sp³-hybridized carbons (Fsp3) is 0.0667. The molecule has 2 rings (SSSR count). The number of nitrogen functional groups attached to an aromatic ring is 1. The number of halogens is 2. The number of hydrogen-bond acceptors (Lipinski definition) is 4. The number of carbonyl (C=O) groups excluding carboxylic acids is 2. The molecule has 5 nitrogen and oxygen atoms in total. The lowest BCUT2D eigenvalue weighted by atomic mass is 10.2. The Morgan fingerprint density at radius 2 is 1.50 bits per heavy atom. The SMILES string of the molecule is COC(=O)c1cccc(Br)c1.NNC(=O)c1cccc(Br)c1. The molecule has 22 heavy (non-hydrogen) atoms. The van der Waals surface area contributed by atoms with Gasteiger partial charge >= 0.3 is 5.97 Å². The van der Waals surface area contributed by atoms with Gasteiger partial charge in [0.05, 0.1) is 12.7 Å². The number of hydrogen-bond donors (Lipinski definition) is 2. The van der Waals surface area contributed by atoms with Crippen molar-refractivity contribution in [1.82, 2.24) is 5.43 Å². The van der Waals surface area contributed by atoms with Crippen molar-refractivity contribution in [1.29, 1.82) is 0 Å². The Labute approximate surface area is 145 Å². The molecule has 0 spiro atoms. The molecule has 0 aromatic heterocycles. The van der Waals surface area contributed by atoms with Crippen molar-refractivity contribution >= 4 is 43.7 Å². The standard InChI is InChI=1S/C8H7BrO2.C7H7BrN2O/c1-11-8(10)6-3-2-4-7(9)5-6;8-6-3-1-2-5(4-6)7(11)10-9/h2-5H,1H3;1-4H,9H2,(H,10,11). The van der Waals surface area contributed by atoms with Crippen molar-refractivity contribution in [2.75, 3.05) is 7.11 Å². The zero-order chi connectivity index (χ0) is 16.5. The smallest absolute Gasteiger partial charge is 0.337 e. The average Bonchev–Trinajstić information content (AvgIpc) is 2.54. The second-order valence-corrected chi connectivity index (χ2v) is 5.82. The van der Waals surface area contributed by atoms with Crippen LogP contribution in [0.4, 0.5) is 0 Å². The van der Waals surface area contributed by atoms with Gasteiger partial charge in [-0.25, -0.2) is 10.6 Å². The molecule has 0 saturated carbocycles. The van der Waals surface area contributed by atoms with Crippen molar-refractivity contribution in [3.63, 3.8) is 0 Å². The fourth-order valence-corrected chi connectivity index (χ4v) is 2.24. The highest BCUT2D eigenvalue weighted by Crippen LogP contribution is 2.12. The second-order valence-electron chi connectivity index (χ2n) is 3.99. The first-order valence-corrected chi connectivity index (χ1v) is 7.67. The number of amides is 1. The van der Waals surface area contributed by atoms with Crippen LogP contribution in [0.2, 0.25) is 0 Å². The number of carbonyl (C=O) groups is 2. The van der Waals surface area contributed by atoms with E-state index in [4.69, 9.17) is 5.84 Å². The summed E-state index contributed by atoms with van der Waals surface area (Å²) in [5.74, 6) is 4.34. The number of hydrazine groups is 1. The summed E-state index contributed by atoms with van der Waals surface area (Å²) in [6, 6.07) is 14.1. The van der Waals surface area contributed by atoms with E-state index < -0.39 is 0 Å². The van der Waals surface area contributed by atoms with Crippen molar-refractivity contribution in [3.05, 3.63) is 68.6 Å². The molecule has 7 heteroatoms. The first-order valence-electron chi connectivity index (χ1n) is 6.08. The van der Waals surface area contributed by atoms with Crippen LogP contribution in [-0.2, 0) is 4.74 Å². The van der Waals surface area contributed by atoms with E-state index in [0.29, 0.717) is 11.1 Å². The van der Waals surface area contributed by atoms with Crippen LogP contribution >= 0.6 is 31.9 Å². The van der Waals surface area contributed by atoms with Crippen LogP contribution in [-0.4, -0.2) is 19.0 Å². The van der Waals surface area contributed by atoms with E-state index in [1.54, 1.807) is 36.4 Å². The maximum absolute atomic E-state index is 10.9. The number of esters is 1. The van der Waals surface area contributed by atoms with E-state index >= 15 is 0 Å². The summed E-state index contributed by atoms with van der Waals surface area (Å²) < 4.78 is 6.27. The summed E-state index contributed by atoms with van der Waals surface area (Å²) in [5, 5.41) is 0. The van der Waals surface area contributed by atoms with Gasteiger partial charge in [0.1, 0.15) is 0 Å². The summed E-state index contributed by atoms with van der Waals surface area (Å²) in [7, 11) is 1.36. The van der Waals surface area contributed by atoms with Crippen LogP contribution in [0, 0.1) is 0 Å². The Kier molecular flexibility index (Phi) is 7.79. The van der Waals surface area contributed by atoms with Gasteiger partial charge in [0.15, 0.2) is 0 Å². The molecule has 0 saturated heterocycles. The predicted octanol–water partition coefficient (Wildman–Crippen LogP) is 3.29. The number of nitrogens with one attached hydrogen (secondary N) is 1. The summed E-state index contributed by atoms with van der Waals surface area (Å²) in [4.78, 5) is 21.8. The first-order chi connectivity index (χ1) is 10.5. The largest absolute Gasteiger partial charge is 0.465 e. The van der Waals surface area contributed by atoms with Gasteiger partial charge < -0.3 is 4.74 Å². The summed E-state index contributed by atoms with van der Waals surface area (Å²) in [6.45, 7) is 0. The topological polar surface area (TPSA) is 81.4 Å². The molecule has 0 aliphatic carbocycles. The van der Waals surface area contributed by atoms with Gasteiger partial charge in [0.2, 0.25) is 0 Å². The van der Waals surface area contributed by atoms with Gasteiger partial charge in [-0.15, -0.1) is 0 Å². The van der Waals surface area contributed by atoms with Crippen LogP contribution in [0.25, 0.3) is 0 Å². The van der Waals surface area contributed by atoms with E-state index in [1.165, 1.54) is 7.11 Å². The number of benzene rings is 2. The van der Waals surface area contributed by atoms with Crippen LogP contribution in [0.15, 0.2) is 57.5 Å². The minimum Gasteiger partial charge on any atom is -0.465 e. The van der Waals surface area contributed by atoms with Crippen LogP contribution in [0.3, 0.4) is 0 Å². The van der Waals surface area contributed by atoms with Gasteiger partial charge in [-0.1, -0.05) is 44.0 Å². The molecule has 0 aliphatic rings. The molecule has 0 atom stereocenters. The van der Waals surface area contributed by atoms with Gasteiger partial charge in [-0.3, -0.25) is 10.2 Å². The maximum atomic E-state index is 10.9. The van der Waals surface area contributed by atoms with Gasteiger partial charge in [0, 0.05) is 14.5 Å². The molecule has 3 N–H and O–H groups in total. The van der Waals surface area contributed by atoms with Crippen molar-refractivity contribution in [3.8, 4) is 0 Å². The summed E-state index contributed by atoms with van der Waals surface area (Å²) in [6.07, 6.45) is 0.